The van der Waals surface area contributed by atoms with E-state index in [-0.39, 0.29) is 51.3 Å². The van der Waals surface area contributed by atoms with Gasteiger partial charge in [-0.1, -0.05) is 90.0 Å². The first-order valence-electron chi connectivity index (χ1n) is 22.4. The van der Waals surface area contributed by atoms with Crippen LogP contribution in [-0.4, -0.2) is 73.8 Å². The fourth-order valence-corrected chi connectivity index (χ4v) is 7.30. The van der Waals surface area contributed by atoms with E-state index in [1.807, 2.05) is 26.8 Å². The van der Waals surface area contributed by atoms with Crippen molar-refractivity contribution in [1.82, 2.24) is 0 Å². The van der Waals surface area contributed by atoms with E-state index in [9.17, 15) is 28.8 Å². The predicted octanol–water partition coefficient (Wildman–Crippen LogP) is 9.43. The van der Waals surface area contributed by atoms with Gasteiger partial charge in [0, 0.05) is 13.0 Å². The third kappa shape index (κ3) is 13.0. The fraction of sp³-hybridized carbons (Fsp3) is 0.236. The summed E-state index contributed by atoms with van der Waals surface area (Å²) < 4.78 is 54.1. The van der Waals surface area contributed by atoms with Crippen molar-refractivity contribution in [2.45, 2.75) is 71.2 Å². The van der Waals surface area contributed by atoms with Crippen LogP contribution in [0.2, 0.25) is 0 Å². The summed E-state index contributed by atoms with van der Waals surface area (Å²) in [4.78, 5) is 81.0. The van der Waals surface area contributed by atoms with E-state index in [2.05, 4.69) is 6.08 Å². The van der Waals surface area contributed by atoms with E-state index in [1.165, 1.54) is 60.2 Å². The third-order valence-corrected chi connectivity index (χ3v) is 10.8. The second kappa shape index (κ2) is 23.6. The van der Waals surface area contributed by atoms with Crippen molar-refractivity contribution in [3.05, 3.63) is 195 Å². The van der Waals surface area contributed by atoms with Crippen LogP contribution in [-0.2, 0) is 28.5 Å². The van der Waals surface area contributed by atoms with Gasteiger partial charge in [-0.15, -0.1) is 0 Å². The van der Waals surface area contributed by atoms with Crippen LogP contribution in [0.5, 0.6) is 17.2 Å². The number of carbonyl (C=O) groups excluding carboxylic acids is 5. The summed E-state index contributed by atoms with van der Waals surface area (Å²) in [5, 5.41) is 0.226. The molecule has 1 fully saturated rings. The Labute approximate surface area is 403 Å². The molecule has 1 aromatic heterocycles. The molecule has 7 rings (SSSR count). The van der Waals surface area contributed by atoms with Gasteiger partial charge < -0.3 is 42.3 Å². The molecule has 0 unspecified atom stereocenters. The van der Waals surface area contributed by atoms with Gasteiger partial charge >= 0.3 is 35.5 Å². The summed E-state index contributed by atoms with van der Waals surface area (Å²) in [6.07, 6.45) is -2.62. The van der Waals surface area contributed by atoms with Gasteiger partial charge in [0.25, 0.3) is 5.75 Å². The highest BCUT2D eigenvalue weighted by molar-refractivity contribution is 5.92. The Balaban J connectivity index is 1.30. The van der Waals surface area contributed by atoms with Crippen molar-refractivity contribution in [3.63, 3.8) is 0 Å². The minimum absolute atomic E-state index is 0.0193. The van der Waals surface area contributed by atoms with E-state index in [1.54, 1.807) is 84.9 Å². The fourth-order valence-electron chi connectivity index (χ4n) is 7.30. The highest BCUT2D eigenvalue weighted by Crippen LogP contribution is 2.37. The van der Waals surface area contributed by atoms with Gasteiger partial charge in [-0.3, -0.25) is 4.79 Å². The molecule has 0 aliphatic carbocycles. The zero-order valence-electron chi connectivity index (χ0n) is 38.8. The maximum atomic E-state index is 14.1. The van der Waals surface area contributed by atoms with Gasteiger partial charge in [-0.25, -0.2) is 24.0 Å². The molecule has 6 aromatic rings. The van der Waals surface area contributed by atoms with Crippen LogP contribution in [0.1, 0.15) is 82.0 Å². The van der Waals surface area contributed by atoms with Gasteiger partial charge in [-0.05, 0) is 100 Å². The lowest BCUT2D eigenvalue weighted by Gasteiger charge is -2.44. The number of hydrogen-bond donors (Lipinski definition) is 0. The number of ether oxygens (including phenoxy) is 8. The van der Waals surface area contributed by atoms with Crippen molar-refractivity contribution in [1.29, 1.82) is 0 Å². The number of rotatable bonds is 18. The molecule has 0 amide bonds. The lowest BCUT2D eigenvalue weighted by atomic mass is 9.97. The third-order valence-electron chi connectivity index (χ3n) is 10.8. The molecule has 1 aliphatic heterocycles. The molecule has 0 N–H and O–H groups in total. The van der Waals surface area contributed by atoms with E-state index < -0.39 is 78.5 Å². The maximum absolute atomic E-state index is 14.1. The largest absolute Gasteiger partial charge is 0.485 e. The second-order valence-corrected chi connectivity index (χ2v) is 16.3. The molecule has 2 heterocycles. The number of fused-ring (bicyclic) bond motifs is 1. The number of hydrogen-bond acceptors (Lipinski definition) is 15. The molecule has 15 heteroatoms. The van der Waals surface area contributed by atoms with E-state index in [0.717, 1.165) is 25.3 Å². The molecule has 1 aliphatic rings. The summed E-state index contributed by atoms with van der Waals surface area (Å²) in [5.74, 6) is -4.75. The van der Waals surface area contributed by atoms with Crippen LogP contribution in [0.25, 0.3) is 11.0 Å². The summed E-state index contributed by atoms with van der Waals surface area (Å²) in [6, 6.07) is 36.2. The SMILES string of the molecule is CC(=O)Oc1c(OC/C=C(\C)CCC=C(C)C)c2ccc(O[C@@H]3O[C@H](COC(=O)c4ccccc4)[C@@H](OC(=O)c4ccccc4)[C@H](OC(=O)c4ccccc4)[C@H]3OC(=O)c3ccccc3)cc2oc1=O. The quantitative estimate of drug-likeness (QED) is 0.0343. The number of esters is 5. The Morgan fingerprint density at radius 3 is 1.63 bits per heavy atom. The highest BCUT2D eigenvalue weighted by Gasteiger charge is 2.54. The summed E-state index contributed by atoms with van der Waals surface area (Å²) in [6.45, 7) is 6.56. The molecule has 70 heavy (non-hydrogen) atoms. The lowest BCUT2D eigenvalue weighted by Crippen LogP contribution is -2.63. The molecule has 0 saturated carbocycles. The summed E-state index contributed by atoms with van der Waals surface area (Å²) in [5.41, 5.74) is 1.66. The van der Waals surface area contributed by atoms with Gasteiger partial charge in [-0.2, -0.15) is 0 Å². The average Bonchev–Trinajstić information content (AvgIpc) is 3.36. The number of carbonyl (C=O) groups is 5. The van der Waals surface area contributed by atoms with Crippen LogP contribution in [0.4, 0.5) is 0 Å². The minimum atomic E-state index is -1.71. The van der Waals surface area contributed by atoms with Crippen molar-refractivity contribution in [3.8, 4) is 17.2 Å². The van der Waals surface area contributed by atoms with Crippen LogP contribution >= 0.6 is 0 Å². The van der Waals surface area contributed by atoms with Crippen LogP contribution in [0.3, 0.4) is 0 Å². The molecule has 5 atom stereocenters. The van der Waals surface area contributed by atoms with Gasteiger partial charge in [0.1, 0.15) is 30.7 Å². The highest BCUT2D eigenvalue weighted by atomic mass is 16.7. The number of benzene rings is 5. The molecular weight excluding hydrogens is 901 g/mol. The molecule has 15 nitrogen and oxygen atoms in total. The Bertz CT molecular complexity index is 2910. The lowest BCUT2D eigenvalue weighted by molar-refractivity contribution is -0.275. The summed E-state index contributed by atoms with van der Waals surface area (Å²) in [7, 11) is 0. The van der Waals surface area contributed by atoms with Crippen LogP contribution < -0.4 is 19.8 Å². The second-order valence-electron chi connectivity index (χ2n) is 16.3. The zero-order chi connectivity index (χ0) is 49.6. The molecular formula is C55H50O15. The van der Waals surface area contributed by atoms with Crippen molar-refractivity contribution in [2.24, 2.45) is 0 Å². The first-order chi connectivity index (χ1) is 33.8. The van der Waals surface area contributed by atoms with E-state index >= 15 is 0 Å². The Morgan fingerprint density at radius 2 is 1.10 bits per heavy atom. The zero-order valence-corrected chi connectivity index (χ0v) is 38.8. The van der Waals surface area contributed by atoms with Crippen molar-refractivity contribution >= 4 is 40.8 Å². The molecule has 0 spiro atoms. The molecule has 5 aromatic carbocycles. The Morgan fingerprint density at radius 1 is 0.586 bits per heavy atom. The Hall–Kier alpha value is -8.30. The predicted molar refractivity (Wildman–Crippen MR) is 255 cm³/mol. The number of allylic oxidation sites excluding steroid dienone is 3. The van der Waals surface area contributed by atoms with Crippen LogP contribution in [0, 0.1) is 0 Å². The first kappa shape index (κ1) is 49.6. The maximum Gasteiger partial charge on any atom is 0.383 e. The summed E-state index contributed by atoms with van der Waals surface area (Å²) >= 11 is 0. The van der Waals surface area contributed by atoms with Crippen LogP contribution in [0.15, 0.2) is 172 Å². The normalized spacial score (nSPS) is 17.6. The monoisotopic (exact) mass is 950 g/mol. The molecule has 0 radical (unpaired) electrons. The standard InChI is InChI=1S/C55H50O15/c1-34(2)18-17-19-35(3)30-31-62-45-42-29-28-41(32-43(42)66-54(61)48(45)64-36(4)56)65-55-49(70-53(60)40-26-15-8-16-27-40)47(69-52(59)39-24-13-7-14-25-39)46(68-51(58)38-22-11-6-12-23-38)44(67-55)33-63-50(57)37-20-9-5-10-21-37/h5-16,18,20-30,32,44,46-47,49,55H,17,19,31,33H2,1-4H3/b35-30+/t44-,46-,47+,49-,55-/m1/s1. The van der Waals surface area contributed by atoms with Gasteiger partial charge in [0.05, 0.1) is 27.6 Å². The molecule has 1 saturated heterocycles. The van der Waals surface area contributed by atoms with Gasteiger partial charge in [0.15, 0.2) is 18.0 Å². The van der Waals surface area contributed by atoms with E-state index in [0.29, 0.717) is 0 Å². The topological polar surface area (TPSA) is 189 Å². The van der Waals surface area contributed by atoms with Crippen molar-refractivity contribution in [2.75, 3.05) is 13.2 Å². The van der Waals surface area contributed by atoms with Crippen molar-refractivity contribution < 1.29 is 66.3 Å². The minimum Gasteiger partial charge on any atom is -0.485 e. The molecule has 0 bridgehead atoms. The first-order valence-corrected chi connectivity index (χ1v) is 22.4. The smallest absolute Gasteiger partial charge is 0.383 e. The molecule has 360 valence electrons. The van der Waals surface area contributed by atoms with E-state index in [4.69, 9.17) is 42.3 Å². The average molecular weight is 951 g/mol. The van der Waals surface area contributed by atoms with Gasteiger partial charge in [0.2, 0.25) is 12.4 Å². The Kier molecular flexibility index (Phi) is 16.7.